The molecule has 0 bridgehead atoms. The molecule has 2 fully saturated rings. The molecule has 0 aliphatic heterocycles. The van der Waals surface area contributed by atoms with Gasteiger partial charge in [-0.2, -0.15) is 0 Å². The van der Waals surface area contributed by atoms with Crippen LogP contribution in [-0.2, 0) is 14.4 Å². The molecular weight excluding hydrogens is 388 g/mol. The normalized spacial score (nSPS) is 35.9. The van der Waals surface area contributed by atoms with Crippen molar-refractivity contribution < 1.29 is 19.5 Å². The van der Waals surface area contributed by atoms with Crippen molar-refractivity contribution in [2.75, 3.05) is 0 Å². The molecule has 170 valence electrons. The van der Waals surface area contributed by atoms with E-state index in [0.29, 0.717) is 35.8 Å². The Bertz CT molecular complexity index is 885. The quantitative estimate of drug-likeness (QED) is 0.428. The summed E-state index contributed by atoms with van der Waals surface area (Å²) in [7, 11) is 0. The number of Topliss-reactive ketones (excluding diaryl/α,β-unsaturated/α-hetero) is 1. The molecule has 3 aliphatic rings. The summed E-state index contributed by atoms with van der Waals surface area (Å²) in [6.45, 7) is 13.0. The molecule has 0 aromatic carbocycles. The molecule has 0 aromatic heterocycles. The molecule has 0 aromatic rings. The Labute approximate surface area is 186 Å². The third-order valence-corrected chi connectivity index (χ3v) is 8.94. The molecule has 5 atom stereocenters. The lowest BCUT2D eigenvalue weighted by molar-refractivity contribution is -0.138. The van der Waals surface area contributed by atoms with Crippen LogP contribution in [-0.4, -0.2) is 22.6 Å². The number of rotatable bonds is 5. The number of carbonyl (C=O) groups excluding carboxylic acids is 2. The largest absolute Gasteiger partial charge is 0.481 e. The predicted molar refractivity (Wildman–Crippen MR) is 123 cm³/mol. The number of hydrogen-bond acceptors (Lipinski definition) is 3. The second-order valence-electron chi connectivity index (χ2n) is 11.0. The number of carboxylic acids is 1. The summed E-state index contributed by atoms with van der Waals surface area (Å²) in [5.74, 6) is 0.276. The van der Waals surface area contributed by atoms with E-state index in [9.17, 15) is 19.5 Å². The lowest BCUT2D eigenvalue weighted by Crippen LogP contribution is -2.54. The van der Waals surface area contributed by atoms with E-state index in [1.54, 1.807) is 13.0 Å². The number of hydrogen-bond donors (Lipinski definition) is 1. The SMILES string of the molecule is CC1=CC(=O)C=C(C[C@]2(C)[C@H]3CCC(=C(C)C)[C@@H](CCC(=O)O)[C@@]3(C)CC[C@@H]2C)C1=O. The topological polar surface area (TPSA) is 71.4 Å². The molecule has 0 amide bonds. The van der Waals surface area contributed by atoms with Crippen LogP contribution >= 0.6 is 0 Å². The minimum Gasteiger partial charge on any atom is -0.481 e. The van der Waals surface area contributed by atoms with Gasteiger partial charge in [-0.3, -0.25) is 14.4 Å². The monoisotopic (exact) mass is 426 g/mol. The predicted octanol–water partition coefficient (Wildman–Crippen LogP) is 6.07. The fourth-order valence-corrected chi connectivity index (χ4v) is 7.10. The maximum absolute atomic E-state index is 12.9. The van der Waals surface area contributed by atoms with Crippen molar-refractivity contribution in [1.29, 1.82) is 0 Å². The van der Waals surface area contributed by atoms with Gasteiger partial charge in [-0.25, -0.2) is 0 Å². The molecule has 1 N–H and O–H groups in total. The van der Waals surface area contributed by atoms with Crippen LogP contribution in [0.5, 0.6) is 0 Å². The minimum absolute atomic E-state index is 0.00326. The number of aliphatic carboxylic acids is 1. The van der Waals surface area contributed by atoms with Gasteiger partial charge in [0.15, 0.2) is 11.6 Å². The first-order valence-corrected chi connectivity index (χ1v) is 11.8. The maximum Gasteiger partial charge on any atom is 0.303 e. The van der Waals surface area contributed by atoms with Crippen molar-refractivity contribution in [3.05, 3.63) is 34.4 Å². The van der Waals surface area contributed by atoms with E-state index in [0.717, 1.165) is 25.7 Å². The Morgan fingerprint density at radius 3 is 2.45 bits per heavy atom. The first-order chi connectivity index (χ1) is 14.4. The Hall–Kier alpha value is -1.97. The average molecular weight is 427 g/mol. The van der Waals surface area contributed by atoms with Crippen LogP contribution in [0.3, 0.4) is 0 Å². The van der Waals surface area contributed by atoms with Gasteiger partial charge in [0.05, 0.1) is 0 Å². The van der Waals surface area contributed by atoms with E-state index in [4.69, 9.17) is 0 Å². The molecule has 31 heavy (non-hydrogen) atoms. The number of fused-ring (bicyclic) bond motifs is 1. The van der Waals surface area contributed by atoms with Crippen molar-refractivity contribution in [3.63, 3.8) is 0 Å². The van der Waals surface area contributed by atoms with Gasteiger partial charge in [0, 0.05) is 17.6 Å². The third kappa shape index (κ3) is 4.23. The summed E-state index contributed by atoms with van der Waals surface area (Å²) in [4.78, 5) is 36.4. The molecule has 0 unspecified atom stereocenters. The van der Waals surface area contributed by atoms with E-state index >= 15 is 0 Å². The highest BCUT2D eigenvalue weighted by atomic mass is 16.4. The first kappa shape index (κ1) is 23.7. The molecule has 3 rings (SSSR count). The van der Waals surface area contributed by atoms with Crippen LogP contribution in [0.2, 0.25) is 0 Å². The van der Waals surface area contributed by atoms with Gasteiger partial charge in [0.25, 0.3) is 0 Å². The Balaban J connectivity index is 2.00. The van der Waals surface area contributed by atoms with E-state index in [-0.39, 0.29) is 34.7 Å². The highest BCUT2D eigenvalue weighted by Gasteiger charge is 2.57. The second-order valence-corrected chi connectivity index (χ2v) is 11.0. The van der Waals surface area contributed by atoms with Crippen LogP contribution in [0.15, 0.2) is 34.4 Å². The third-order valence-electron chi connectivity index (χ3n) is 8.94. The summed E-state index contributed by atoms with van der Waals surface area (Å²) >= 11 is 0. The molecule has 0 spiro atoms. The van der Waals surface area contributed by atoms with Crippen molar-refractivity contribution >= 4 is 17.5 Å². The van der Waals surface area contributed by atoms with Crippen molar-refractivity contribution in [3.8, 4) is 0 Å². The fourth-order valence-electron chi connectivity index (χ4n) is 7.10. The smallest absolute Gasteiger partial charge is 0.303 e. The number of carboxylic acid groups (broad SMARTS) is 1. The number of allylic oxidation sites excluding steroid dienone is 6. The van der Waals surface area contributed by atoms with Crippen LogP contribution < -0.4 is 0 Å². The molecule has 0 saturated heterocycles. The van der Waals surface area contributed by atoms with E-state index in [2.05, 4.69) is 34.6 Å². The second kappa shape index (κ2) is 8.52. The Kier molecular flexibility index (Phi) is 6.51. The zero-order chi connectivity index (χ0) is 23.1. The van der Waals surface area contributed by atoms with Gasteiger partial charge in [-0.15, -0.1) is 0 Å². The lowest BCUT2D eigenvalue weighted by Gasteiger charge is -2.61. The van der Waals surface area contributed by atoms with Gasteiger partial charge in [0.2, 0.25) is 0 Å². The van der Waals surface area contributed by atoms with E-state index < -0.39 is 5.97 Å². The number of ketones is 2. The average Bonchev–Trinajstić information content (AvgIpc) is 2.67. The molecule has 4 heteroatoms. The fraction of sp³-hybridized carbons (Fsp3) is 0.667. The van der Waals surface area contributed by atoms with Gasteiger partial charge < -0.3 is 5.11 Å². The lowest BCUT2D eigenvalue weighted by atomic mass is 9.43. The summed E-state index contributed by atoms with van der Waals surface area (Å²) in [6, 6.07) is 0. The zero-order valence-electron chi connectivity index (χ0n) is 20.0. The van der Waals surface area contributed by atoms with Gasteiger partial charge >= 0.3 is 5.97 Å². The van der Waals surface area contributed by atoms with Gasteiger partial charge in [-0.05, 0) is 100 Å². The van der Waals surface area contributed by atoms with Crippen LogP contribution in [0.1, 0.15) is 86.5 Å². The van der Waals surface area contributed by atoms with Crippen molar-refractivity contribution in [2.45, 2.75) is 86.5 Å². The molecule has 0 radical (unpaired) electrons. The van der Waals surface area contributed by atoms with Gasteiger partial charge in [0.1, 0.15) is 0 Å². The molecular formula is C27H38O4. The standard InChI is InChI=1S/C27H38O4/c1-16(2)21-7-9-23-26(5,22(21)8-10-24(29)30)12-11-18(4)27(23,6)15-19-14-20(28)13-17(3)25(19)31/h13-14,18,22-23H,7-12,15H2,1-6H3,(H,29,30)/t18-,22+,23-,26+,27-/m0/s1. The Morgan fingerprint density at radius 1 is 1.16 bits per heavy atom. The molecule has 0 heterocycles. The molecule has 3 aliphatic carbocycles. The Morgan fingerprint density at radius 2 is 1.84 bits per heavy atom. The molecule has 2 saturated carbocycles. The van der Waals surface area contributed by atoms with Crippen LogP contribution in [0.4, 0.5) is 0 Å². The van der Waals surface area contributed by atoms with Crippen molar-refractivity contribution in [1.82, 2.24) is 0 Å². The zero-order valence-corrected chi connectivity index (χ0v) is 20.0. The van der Waals surface area contributed by atoms with E-state index in [1.807, 2.05) is 0 Å². The summed E-state index contributed by atoms with van der Waals surface area (Å²) in [6.07, 6.45) is 8.69. The van der Waals surface area contributed by atoms with E-state index in [1.165, 1.54) is 17.2 Å². The van der Waals surface area contributed by atoms with Crippen molar-refractivity contribution in [2.24, 2.45) is 28.6 Å². The highest BCUT2D eigenvalue weighted by molar-refractivity contribution is 6.20. The summed E-state index contributed by atoms with van der Waals surface area (Å²) < 4.78 is 0. The van der Waals surface area contributed by atoms with Crippen LogP contribution in [0, 0.1) is 28.6 Å². The molecule has 4 nitrogen and oxygen atoms in total. The minimum atomic E-state index is -0.732. The van der Waals surface area contributed by atoms with Crippen LogP contribution in [0.25, 0.3) is 0 Å². The highest BCUT2D eigenvalue weighted by Crippen LogP contribution is 2.65. The first-order valence-electron chi connectivity index (χ1n) is 11.8. The summed E-state index contributed by atoms with van der Waals surface area (Å²) in [5.41, 5.74) is 3.87. The number of carbonyl (C=O) groups is 3. The maximum atomic E-state index is 12.9. The van der Waals surface area contributed by atoms with Gasteiger partial charge in [-0.1, -0.05) is 31.9 Å². The summed E-state index contributed by atoms with van der Waals surface area (Å²) in [5, 5.41) is 9.39.